The van der Waals surface area contributed by atoms with Crippen molar-refractivity contribution in [1.29, 1.82) is 0 Å². The van der Waals surface area contributed by atoms with Crippen LogP contribution in [0.4, 0.5) is 0 Å². The predicted octanol–water partition coefficient (Wildman–Crippen LogP) is 3.82. The van der Waals surface area contributed by atoms with Gasteiger partial charge in [-0.1, -0.05) is 50.5 Å². The van der Waals surface area contributed by atoms with Crippen LogP contribution < -0.4 is 14.8 Å². The van der Waals surface area contributed by atoms with Gasteiger partial charge in [0.2, 0.25) is 12.7 Å². The quantitative estimate of drug-likeness (QED) is 0.284. The average Bonchev–Trinajstić information content (AvgIpc) is 3.50. The fourth-order valence-electron chi connectivity index (χ4n) is 4.54. The lowest BCUT2D eigenvalue weighted by molar-refractivity contribution is -0.145. The van der Waals surface area contributed by atoms with Crippen molar-refractivity contribution in [2.24, 2.45) is 0 Å². The molecule has 3 atom stereocenters. The third-order valence-corrected chi connectivity index (χ3v) is 6.43. The van der Waals surface area contributed by atoms with E-state index in [-0.39, 0.29) is 13.2 Å². The monoisotopic (exact) mass is 480 g/mol. The maximum atomic E-state index is 13.6. The molecule has 0 bridgehead atoms. The number of aromatic nitrogens is 1. The van der Waals surface area contributed by atoms with Crippen LogP contribution in [0.5, 0.6) is 11.5 Å². The number of amides is 1. The maximum Gasteiger partial charge on any atom is 0.328 e. The average molecular weight is 481 g/mol. The smallest absolute Gasteiger partial charge is 0.328 e. The largest absolute Gasteiger partial charge is 0.467 e. The van der Waals surface area contributed by atoms with Crippen LogP contribution in [0.2, 0.25) is 0 Å². The van der Waals surface area contributed by atoms with Crippen molar-refractivity contribution in [1.82, 2.24) is 10.3 Å². The molecule has 8 nitrogen and oxygen atoms in total. The van der Waals surface area contributed by atoms with Crippen molar-refractivity contribution in [2.75, 3.05) is 13.9 Å². The zero-order chi connectivity index (χ0) is 24.8. The number of fused-ring (bicyclic) bond motifs is 2. The van der Waals surface area contributed by atoms with Crippen molar-refractivity contribution in [3.05, 3.63) is 59.8 Å². The minimum absolute atomic E-state index is 0.115. The van der Waals surface area contributed by atoms with E-state index in [1.165, 1.54) is 7.11 Å². The molecule has 2 aromatic carbocycles. The van der Waals surface area contributed by atoms with Crippen LogP contribution in [0.1, 0.15) is 49.7 Å². The van der Waals surface area contributed by atoms with Gasteiger partial charge in [-0.25, -0.2) is 4.79 Å². The van der Waals surface area contributed by atoms with Crippen LogP contribution in [0.15, 0.2) is 48.7 Å². The van der Waals surface area contributed by atoms with Gasteiger partial charge in [0.25, 0.3) is 0 Å². The van der Waals surface area contributed by atoms with E-state index < -0.39 is 29.9 Å². The molecule has 35 heavy (non-hydrogen) atoms. The standard InChI is InChI=1S/C27H32N2O6/c1-3-4-5-10-22(30)25(17-11-12-23-24(14-17)35-16-34-23)26(31)29-21(27(32)33-2)13-18-15-28-20-9-7-6-8-19(18)20/h6-9,11-12,14-15,21-22,25,28,30H,3-5,10,13,16H2,1-2H3,(H,29,31)/t21-,22?,25?/m0/s1. The lowest BCUT2D eigenvalue weighted by Gasteiger charge is -2.25. The number of rotatable bonds is 11. The molecule has 186 valence electrons. The van der Waals surface area contributed by atoms with Crippen molar-refractivity contribution in [3.8, 4) is 11.5 Å². The summed E-state index contributed by atoms with van der Waals surface area (Å²) in [6, 6.07) is 12.1. The van der Waals surface area contributed by atoms with Crippen LogP contribution >= 0.6 is 0 Å². The lowest BCUT2D eigenvalue weighted by atomic mass is 9.88. The number of para-hydroxylation sites is 1. The van der Waals surface area contributed by atoms with E-state index in [9.17, 15) is 14.7 Å². The molecule has 2 heterocycles. The molecule has 0 saturated carbocycles. The Morgan fingerprint density at radius 3 is 2.74 bits per heavy atom. The highest BCUT2D eigenvalue weighted by molar-refractivity contribution is 5.90. The number of carbonyl (C=O) groups excluding carboxylic acids is 2. The topological polar surface area (TPSA) is 110 Å². The molecule has 4 rings (SSSR count). The normalized spacial score (nSPS) is 14.9. The summed E-state index contributed by atoms with van der Waals surface area (Å²) in [6.07, 6.45) is 4.38. The fourth-order valence-corrected chi connectivity index (χ4v) is 4.54. The number of hydrogen-bond acceptors (Lipinski definition) is 6. The number of hydrogen-bond donors (Lipinski definition) is 3. The van der Waals surface area contributed by atoms with Crippen LogP contribution in [0.3, 0.4) is 0 Å². The van der Waals surface area contributed by atoms with E-state index >= 15 is 0 Å². The molecule has 2 unspecified atom stereocenters. The molecule has 3 aromatic rings. The third-order valence-electron chi connectivity index (χ3n) is 6.43. The van der Waals surface area contributed by atoms with E-state index in [0.29, 0.717) is 23.5 Å². The Morgan fingerprint density at radius 1 is 1.14 bits per heavy atom. The maximum absolute atomic E-state index is 13.6. The van der Waals surface area contributed by atoms with Crippen molar-refractivity contribution >= 4 is 22.8 Å². The number of carbonyl (C=O) groups is 2. The highest BCUT2D eigenvalue weighted by atomic mass is 16.7. The van der Waals surface area contributed by atoms with Gasteiger partial charge in [0.1, 0.15) is 6.04 Å². The third kappa shape index (κ3) is 5.59. The van der Waals surface area contributed by atoms with Gasteiger partial charge in [-0.15, -0.1) is 0 Å². The molecule has 8 heteroatoms. The number of aliphatic hydroxyl groups excluding tert-OH is 1. The highest BCUT2D eigenvalue weighted by Gasteiger charge is 2.33. The first-order chi connectivity index (χ1) is 17.0. The number of benzene rings is 2. The van der Waals surface area contributed by atoms with E-state index in [2.05, 4.69) is 17.2 Å². The number of unbranched alkanes of at least 4 members (excludes halogenated alkanes) is 2. The molecular formula is C27H32N2O6. The van der Waals surface area contributed by atoms with E-state index in [1.807, 2.05) is 30.5 Å². The zero-order valence-corrected chi connectivity index (χ0v) is 20.1. The Balaban J connectivity index is 1.58. The van der Waals surface area contributed by atoms with E-state index in [4.69, 9.17) is 14.2 Å². The zero-order valence-electron chi connectivity index (χ0n) is 20.1. The first-order valence-corrected chi connectivity index (χ1v) is 12.0. The number of methoxy groups -OCH3 is 1. The number of aromatic amines is 1. The molecular weight excluding hydrogens is 448 g/mol. The minimum atomic E-state index is -0.923. The second-order valence-electron chi connectivity index (χ2n) is 8.80. The van der Waals surface area contributed by atoms with Crippen LogP contribution in [-0.2, 0) is 20.7 Å². The van der Waals surface area contributed by atoms with Gasteiger partial charge >= 0.3 is 5.97 Å². The Kier molecular flexibility index (Phi) is 7.92. The molecule has 0 radical (unpaired) electrons. The number of ether oxygens (including phenoxy) is 3. The van der Waals surface area contributed by atoms with Gasteiger partial charge in [-0.2, -0.15) is 0 Å². The molecule has 0 spiro atoms. The molecule has 1 amide bonds. The van der Waals surface area contributed by atoms with Crippen molar-refractivity contribution in [3.63, 3.8) is 0 Å². The van der Waals surface area contributed by atoms with Gasteiger partial charge in [-0.3, -0.25) is 4.79 Å². The van der Waals surface area contributed by atoms with Crippen LogP contribution in [0.25, 0.3) is 10.9 Å². The van der Waals surface area contributed by atoms with E-state index in [0.717, 1.165) is 35.7 Å². The second-order valence-corrected chi connectivity index (χ2v) is 8.80. The van der Waals surface area contributed by atoms with Gasteiger partial charge < -0.3 is 29.6 Å². The Bertz CT molecular complexity index is 1170. The summed E-state index contributed by atoms with van der Waals surface area (Å²) in [5.74, 6) is -0.738. The predicted molar refractivity (Wildman–Crippen MR) is 131 cm³/mol. The van der Waals surface area contributed by atoms with Crippen molar-refractivity contribution < 1.29 is 28.9 Å². The first-order valence-electron chi connectivity index (χ1n) is 12.0. The summed E-state index contributed by atoms with van der Waals surface area (Å²) in [6.45, 7) is 2.20. The highest BCUT2D eigenvalue weighted by Crippen LogP contribution is 2.36. The summed E-state index contributed by atoms with van der Waals surface area (Å²) in [7, 11) is 1.30. The Labute approximate surface area is 204 Å². The van der Waals surface area contributed by atoms with Crippen LogP contribution in [0, 0.1) is 0 Å². The number of aliphatic hydroxyl groups is 1. The second kappa shape index (κ2) is 11.3. The minimum Gasteiger partial charge on any atom is -0.467 e. The fraction of sp³-hybridized carbons (Fsp3) is 0.407. The summed E-state index contributed by atoms with van der Waals surface area (Å²) in [5.41, 5.74) is 2.44. The van der Waals surface area contributed by atoms with Crippen molar-refractivity contribution in [2.45, 2.75) is 57.1 Å². The van der Waals surface area contributed by atoms with Crippen LogP contribution in [-0.4, -0.2) is 48.0 Å². The number of esters is 1. The molecule has 0 aliphatic carbocycles. The van der Waals surface area contributed by atoms with Gasteiger partial charge in [0.05, 0.1) is 19.1 Å². The summed E-state index contributed by atoms with van der Waals surface area (Å²) in [5, 5.41) is 14.9. The SMILES string of the molecule is CCCCCC(O)C(C(=O)N[C@@H](Cc1c[nH]c2ccccc12)C(=O)OC)c1ccc2c(c1)OCO2. The van der Waals surface area contributed by atoms with Gasteiger partial charge in [0, 0.05) is 23.5 Å². The van der Waals surface area contributed by atoms with Gasteiger partial charge in [-0.05, 0) is 35.7 Å². The molecule has 1 aliphatic rings. The molecule has 0 fully saturated rings. The van der Waals surface area contributed by atoms with E-state index in [1.54, 1.807) is 18.2 Å². The number of H-pyrrole nitrogens is 1. The van der Waals surface area contributed by atoms with Gasteiger partial charge in [0.15, 0.2) is 11.5 Å². The Morgan fingerprint density at radius 2 is 1.94 bits per heavy atom. The number of nitrogens with one attached hydrogen (secondary N) is 2. The summed E-state index contributed by atoms with van der Waals surface area (Å²) < 4.78 is 15.9. The summed E-state index contributed by atoms with van der Waals surface area (Å²) >= 11 is 0. The first kappa shape index (κ1) is 24.6. The molecule has 1 aliphatic heterocycles. The molecule has 0 saturated heterocycles. The molecule has 3 N–H and O–H groups in total. The Hall–Kier alpha value is -3.52. The molecule has 1 aromatic heterocycles. The summed E-state index contributed by atoms with van der Waals surface area (Å²) in [4.78, 5) is 29.4. The lowest BCUT2D eigenvalue weighted by Crippen LogP contribution is -2.47.